The number of esters is 1. The van der Waals surface area contributed by atoms with Crippen molar-refractivity contribution >= 4 is 11.9 Å². The number of ether oxygens (including phenoxy) is 3. The molecule has 0 spiro atoms. The Bertz CT molecular complexity index is 918. The first-order valence-electron chi connectivity index (χ1n) is 9.12. The minimum Gasteiger partial charge on any atom is -0.486 e. The molecular weight excluding hydrogens is 348 g/mol. The van der Waals surface area contributed by atoms with Gasteiger partial charge in [0.2, 0.25) is 5.95 Å². The van der Waals surface area contributed by atoms with Crippen LogP contribution in [0.4, 0.5) is 5.95 Å². The number of anilines is 1. The molecule has 8 heteroatoms. The third-order valence-corrected chi connectivity index (χ3v) is 4.59. The first kappa shape index (κ1) is 17.4. The molecule has 0 bridgehead atoms. The molecule has 1 unspecified atom stereocenters. The van der Waals surface area contributed by atoms with Gasteiger partial charge in [0.25, 0.3) is 0 Å². The third kappa shape index (κ3) is 3.01. The largest absolute Gasteiger partial charge is 0.486 e. The van der Waals surface area contributed by atoms with E-state index in [1.165, 1.54) is 0 Å². The van der Waals surface area contributed by atoms with Crippen LogP contribution in [-0.4, -0.2) is 40.6 Å². The first-order chi connectivity index (χ1) is 13.1. The Morgan fingerprint density at radius 2 is 2.07 bits per heavy atom. The standard InChI is InChI=1S/C19H22N4O4/c1-4-15-21-19-20-11(3)16(18(24)25-5-2)17(23(19)22-15)12-6-7-13-14(10-12)27-9-8-26-13/h6-7,10,17H,4-5,8-9H2,1-3H3,(H,20,21,22). The average Bonchev–Trinajstić information content (AvgIpc) is 3.09. The quantitative estimate of drug-likeness (QED) is 0.827. The van der Waals surface area contributed by atoms with E-state index in [9.17, 15) is 4.79 Å². The Morgan fingerprint density at radius 3 is 2.81 bits per heavy atom. The van der Waals surface area contributed by atoms with Crippen LogP contribution in [0.5, 0.6) is 11.5 Å². The minimum atomic E-state index is -0.455. The van der Waals surface area contributed by atoms with E-state index in [1.807, 2.05) is 32.0 Å². The van der Waals surface area contributed by atoms with Gasteiger partial charge in [0, 0.05) is 12.1 Å². The maximum absolute atomic E-state index is 12.7. The monoisotopic (exact) mass is 370 g/mol. The summed E-state index contributed by atoms with van der Waals surface area (Å²) >= 11 is 0. The number of rotatable bonds is 4. The molecule has 1 aromatic carbocycles. The predicted octanol–water partition coefficient (Wildman–Crippen LogP) is 2.46. The van der Waals surface area contributed by atoms with E-state index in [0.717, 1.165) is 5.56 Å². The van der Waals surface area contributed by atoms with Gasteiger partial charge in [-0.25, -0.2) is 9.48 Å². The summed E-state index contributed by atoms with van der Waals surface area (Å²) in [5, 5.41) is 7.77. The second kappa shape index (κ2) is 6.94. The van der Waals surface area contributed by atoms with Crippen molar-refractivity contribution in [2.45, 2.75) is 33.2 Å². The van der Waals surface area contributed by atoms with E-state index >= 15 is 0 Å². The van der Waals surface area contributed by atoms with Crippen LogP contribution in [0.3, 0.4) is 0 Å². The molecule has 0 saturated heterocycles. The zero-order chi connectivity index (χ0) is 19.0. The molecule has 0 amide bonds. The van der Waals surface area contributed by atoms with Crippen molar-refractivity contribution in [1.82, 2.24) is 14.8 Å². The molecule has 2 aromatic rings. The van der Waals surface area contributed by atoms with Crippen LogP contribution >= 0.6 is 0 Å². The number of carbonyl (C=O) groups is 1. The Balaban J connectivity index is 1.85. The van der Waals surface area contributed by atoms with Gasteiger partial charge in [-0.2, -0.15) is 10.1 Å². The number of hydrogen-bond donors (Lipinski definition) is 1. The van der Waals surface area contributed by atoms with Crippen molar-refractivity contribution in [1.29, 1.82) is 0 Å². The molecule has 2 aliphatic rings. The van der Waals surface area contributed by atoms with Gasteiger partial charge in [-0.05, 0) is 31.5 Å². The average molecular weight is 370 g/mol. The lowest BCUT2D eigenvalue weighted by molar-refractivity contribution is -0.139. The number of fused-ring (bicyclic) bond motifs is 2. The minimum absolute atomic E-state index is 0.300. The zero-order valence-corrected chi connectivity index (χ0v) is 15.6. The highest BCUT2D eigenvalue weighted by Gasteiger charge is 2.35. The maximum atomic E-state index is 12.7. The van der Waals surface area contributed by atoms with Gasteiger partial charge in [0.05, 0.1) is 12.2 Å². The highest BCUT2D eigenvalue weighted by Crippen LogP contribution is 2.39. The Kier molecular flexibility index (Phi) is 4.47. The van der Waals surface area contributed by atoms with Crippen molar-refractivity contribution in [3.8, 4) is 11.5 Å². The molecule has 1 aromatic heterocycles. The number of aromatic nitrogens is 3. The second-order valence-corrected chi connectivity index (χ2v) is 6.34. The molecular formula is C19H22N4O4. The summed E-state index contributed by atoms with van der Waals surface area (Å²) < 4.78 is 18.4. The van der Waals surface area contributed by atoms with Gasteiger partial charge in [0.1, 0.15) is 19.3 Å². The molecule has 4 rings (SSSR count). The van der Waals surface area contributed by atoms with Gasteiger partial charge >= 0.3 is 5.97 Å². The molecule has 142 valence electrons. The predicted molar refractivity (Wildman–Crippen MR) is 97.9 cm³/mol. The summed E-state index contributed by atoms with van der Waals surface area (Å²) in [6.07, 6.45) is 0.698. The van der Waals surface area contributed by atoms with Gasteiger partial charge in [-0.1, -0.05) is 13.0 Å². The Labute approximate surface area is 157 Å². The third-order valence-electron chi connectivity index (χ3n) is 4.59. The summed E-state index contributed by atoms with van der Waals surface area (Å²) in [5.74, 6) is 2.30. The van der Waals surface area contributed by atoms with Gasteiger partial charge in [-0.3, -0.25) is 0 Å². The molecule has 8 nitrogen and oxygen atoms in total. The van der Waals surface area contributed by atoms with Gasteiger partial charge < -0.3 is 19.5 Å². The van der Waals surface area contributed by atoms with Crippen molar-refractivity contribution in [2.75, 3.05) is 25.1 Å². The summed E-state index contributed by atoms with van der Waals surface area (Å²) in [7, 11) is 0. The fraction of sp³-hybridized carbons (Fsp3) is 0.421. The topological polar surface area (TPSA) is 87.5 Å². The summed E-state index contributed by atoms with van der Waals surface area (Å²) in [6.45, 7) is 6.96. The van der Waals surface area contributed by atoms with Gasteiger partial charge in [0.15, 0.2) is 17.3 Å². The molecule has 0 radical (unpaired) electrons. The fourth-order valence-corrected chi connectivity index (χ4v) is 3.36. The number of aryl methyl sites for hydroxylation is 1. The summed E-state index contributed by atoms with van der Waals surface area (Å²) in [6, 6.07) is 5.23. The summed E-state index contributed by atoms with van der Waals surface area (Å²) in [5.41, 5.74) is 2.07. The first-order valence-corrected chi connectivity index (χ1v) is 9.12. The second-order valence-electron chi connectivity index (χ2n) is 6.34. The Hall–Kier alpha value is -3.03. The van der Waals surface area contributed by atoms with E-state index in [2.05, 4.69) is 15.4 Å². The SMILES string of the molecule is CCOC(=O)C1=C(C)Nc2nc(CC)nn2C1c1ccc2c(c1)OCCO2. The van der Waals surface area contributed by atoms with Gasteiger partial charge in [-0.15, -0.1) is 0 Å². The highest BCUT2D eigenvalue weighted by molar-refractivity contribution is 5.92. The fourth-order valence-electron chi connectivity index (χ4n) is 3.36. The number of nitrogens with zero attached hydrogens (tertiary/aromatic N) is 3. The van der Waals surface area contributed by atoms with E-state index in [-0.39, 0.29) is 5.97 Å². The lowest BCUT2D eigenvalue weighted by Gasteiger charge is -2.29. The highest BCUT2D eigenvalue weighted by atomic mass is 16.6. The molecule has 27 heavy (non-hydrogen) atoms. The van der Waals surface area contributed by atoms with Crippen molar-refractivity contribution in [2.24, 2.45) is 0 Å². The van der Waals surface area contributed by atoms with E-state index < -0.39 is 6.04 Å². The molecule has 1 atom stereocenters. The van der Waals surface area contributed by atoms with E-state index in [1.54, 1.807) is 11.6 Å². The number of hydrogen-bond acceptors (Lipinski definition) is 7. The molecule has 0 fully saturated rings. The van der Waals surface area contributed by atoms with Crippen LogP contribution in [0, 0.1) is 0 Å². The van der Waals surface area contributed by atoms with Crippen LogP contribution < -0.4 is 14.8 Å². The van der Waals surface area contributed by atoms with E-state index in [0.29, 0.717) is 60.8 Å². The number of allylic oxidation sites excluding steroid dienone is 1. The van der Waals surface area contributed by atoms with E-state index in [4.69, 9.17) is 14.2 Å². The van der Waals surface area contributed by atoms with Crippen molar-refractivity contribution in [3.05, 3.63) is 40.9 Å². The number of benzene rings is 1. The van der Waals surface area contributed by atoms with Crippen LogP contribution in [0.1, 0.15) is 38.2 Å². The van der Waals surface area contributed by atoms with Crippen LogP contribution in [-0.2, 0) is 16.0 Å². The number of nitrogens with one attached hydrogen (secondary N) is 1. The molecule has 0 saturated carbocycles. The lowest BCUT2D eigenvalue weighted by Crippen LogP contribution is -2.30. The van der Waals surface area contributed by atoms with Crippen LogP contribution in [0.15, 0.2) is 29.5 Å². The van der Waals surface area contributed by atoms with Crippen molar-refractivity contribution in [3.63, 3.8) is 0 Å². The maximum Gasteiger partial charge on any atom is 0.338 e. The summed E-state index contributed by atoms with van der Waals surface area (Å²) in [4.78, 5) is 17.3. The zero-order valence-electron chi connectivity index (χ0n) is 15.6. The van der Waals surface area contributed by atoms with Crippen LogP contribution in [0.25, 0.3) is 0 Å². The lowest BCUT2D eigenvalue weighted by atomic mass is 9.95. The molecule has 3 heterocycles. The molecule has 1 N–H and O–H groups in total. The Morgan fingerprint density at radius 1 is 1.30 bits per heavy atom. The normalized spacial score (nSPS) is 18.0. The smallest absolute Gasteiger partial charge is 0.338 e. The number of carbonyl (C=O) groups excluding carboxylic acids is 1. The molecule has 2 aliphatic heterocycles. The van der Waals surface area contributed by atoms with Crippen molar-refractivity contribution < 1.29 is 19.0 Å². The van der Waals surface area contributed by atoms with Crippen LogP contribution in [0.2, 0.25) is 0 Å². The molecule has 0 aliphatic carbocycles.